The number of carbonyl (C=O) groups is 1. The third kappa shape index (κ3) is 3.85. The maximum Gasteiger partial charge on any atom is 0.357 e. The van der Waals surface area contributed by atoms with Gasteiger partial charge in [-0.2, -0.15) is 5.10 Å². The number of esters is 1. The van der Waals surface area contributed by atoms with Gasteiger partial charge in [-0.25, -0.2) is 14.5 Å². The van der Waals surface area contributed by atoms with E-state index in [1.54, 1.807) is 11.6 Å². The minimum atomic E-state index is -0.444. The molecule has 5 rings (SSSR count). The summed E-state index contributed by atoms with van der Waals surface area (Å²) in [6, 6.07) is 20.4. The molecule has 0 spiro atoms. The number of aromatic nitrogens is 3. The van der Waals surface area contributed by atoms with Gasteiger partial charge in [-0.05, 0) is 55.3 Å². The molecule has 1 saturated heterocycles. The smallest absolute Gasteiger partial charge is 0.357 e. The number of carbonyl (C=O) groups excluding carboxylic acids is 1. The molecule has 2 aromatic carbocycles. The third-order valence-corrected chi connectivity index (χ3v) is 6.05. The van der Waals surface area contributed by atoms with Gasteiger partial charge >= 0.3 is 5.97 Å². The van der Waals surface area contributed by atoms with Crippen molar-refractivity contribution in [3.8, 4) is 16.8 Å². The van der Waals surface area contributed by atoms with E-state index in [0.717, 1.165) is 46.8 Å². The Labute approximate surface area is 192 Å². The van der Waals surface area contributed by atoms with E-state index >= 15 is 0 Å². The van der Waals surface area contributed by atoms with Crippen molar-refractivity contribution < 1.29 is 14.3 Å². The zero-order valence-electron chi connectivity index (χ0n) is 19.0. The number of likely N-dealkylation sites (N-methyl/N-ethyl adjacent to an activating group) is 1. The number of hydrogen-bond acceptors (Lipinski definition) is 6. The van der Waals surface area contributed by atoms with Crippen LogP contribution in [0.2, 0.25) is 0 Å². The molecule has 1 aliphatic heterocycles. The lowest BCUT2D eigenvalue weighted by Gasteiger charge is -2.36. The number of rotatable bonds is 6. The molecule has 1 aliphatic rings. The average molecular weight is 443 g/mol. The molecule has 0 amide bonds. The van der Waals surface area contributed by atoms with Crippen LogP contribution in [0.5, 0.6) is 0 Å². The van der Waals surface area contributed by atoms with E-state index in [1.165, 1.54) is 0 Å². The van der Waals surface area contributed by atoms with Crippen molar-refractivity contribution >= 4 is 22.7 Å². The summed E-state index contributed by atoms with van der Waals surface area (Å²) in [5, 5.41) is 5.68. The fraction of sp³-hybridized carbons (Fsp3) is 0.269. The molecule has 168 valence electrons. The van der Waals surface area contributed by atoms with Crippen LogP contribution in [0.4, 0.5) is 5.69 Å². The fourth-order valence-corrected chi connectivity index (χ4v) is 4.11. The Morgan fingerprint density at radius 3 is 2.52 bits per heavy atom. The molecule has 0 bridgehead atoms. The van der Waals surface area contributed by atoms with Crippen molar-refractivity contribution in [1.82, 2.24) is 14.8 Å². The van der Waals surface area contributed by atoms with Crippen LogP contribution in [0.1, 0.15) is 23.1 Å². The number of aryl methyl sites for hydroxylation is 1. The predicted molar refractivity (Wildman–Crippen MR) is 128 cm³/mol. The SMILES string of the molecule is CCOC(=O)c1cc(-c2ccc(N(C)C3COC3)cc2)c2c(C)nn(-c3ccccc3)c2n1. The average Bonchev–Trinajstić information content (AvgIpc) is 3.15. The van der Waals surface area contributed by atoms with E-state index in [-0.39, 0.29) is 12.3 Å². The molecular formula is C26H26N4O3. The predicted octanol–water partition coefficient (Wildman–Crippen LogP) is 4.41. The fourth-order valence-electron chi connectivity index (χ4n) is 4.11. The number of para-hydroxylation sites is 1. The second-order valence-corrected chi connectivity index (χ2v) is 8.16. The Bertz CT molecular complexity index is 1290. The quantitative estimate of drug-likeness (QED) is 0.412. The summed E-state index contributed by atoms with van der Waals surface area (Å²) in [7, 11) is 2.08. The second-order valence-electron chi connectivity index (χ2n) is 8.16. The number of pyridine rings is 1. The number of benzene rings is 2. The van der Waals surface area contributed by atoms with Crippen molar-refractivity contribution in [3.05, 3.63) is 72.1 Å². The zero-order chi connectivity index (χ0) is 22.9. The van der Waals surface area contributed by atoms with Crippen molar-refractivity contribution in [1.29, 1.82) is 0 Å². The largest absolute Gasteiger partial charge is 0.461 e. The van der Waals surface area contributed by atoms with Crippen LogP contribution in [-0.2, 0) is 9.47 Å². The number of ether oxygens (including phenoxy) is 2. The molecule has 33 heavy (non-hydrogen) atoms. The number of hydrogen-bond donors (Lipinski definition) is 0. The standard InChI is InChI=1S/C26H26N4O3/c1-4-33-26(31)23-14-22(18-10-12-19(13-11-18)29(3)21-15-32-16-21)24-17(2)28-30(25(24)27-23)20-8-6-5-7-9-20/h5-14,21H,4,15-16H2,1-3H3. The second kappa shape index (κ2) is 8.67. The lowest BCUT2D eigenvalue weighted by molar-refractivity contribution is 0.0101. The molecule has 0 aliphatic carbocycles. The molecule has 0 N–H and O–H groups in total. The molecule has 7 nitrogen and oxygen atoms in total. The molecule has 0 saturated carbocycles. The highest BCUT2D eigenvalue weighted by Crippen LogP contribution is 2.33. The highest BCUT2D eigenvalue weighted by atomic mass is 16.5. The molecule has 3 heterocycles. The van der Waals surface area contributed by atoms with Gasteiger partial charge in [0, 0.05) is 12.7 Å². The molecule has 1 fully saturated rings. The Balaban J connectivity index is 1.65. The zero-order valence-corrected chi connectivity index (χ0v) is 19.0. The monoisotopic (exact) mass is 442 g/mol. The molecule has 4 aromatic rings. The summed E-state index contributed by atoms with van der Waals surface area (Å²) in [6.07, 6.45) is 0. The summed E-state index contributed by atoms with van der Waals surface area (Å²) in [6.45, 7) is 5.55. The lowest BCUT2D eigenvalue weighted by atomic mass is 10.0. The van der Waals surface area contributed by atoms with Gasteiger partial charge in [0.15, 0.2) is 11.3 Å². The van der Waals surface area contributed by atoms with E-state index in [1.807, 2.05) is 43.3 Å². The van der Waals surface area contributed by atoms with Crippen molar-refractivity contribution in [3.63, 3.8) is 0 Å². The van der Waals surface area contributed by atoms with Crippen LogP contribution >= 0.6 is 0 Å². The molecule has 0 radical (unpaired) electrons. The maximum atomic E-state index is 12.7. The van der Waals surface area contributed by atoms with Gasteiger partial charge < -0.3 is 14.4 Å². The highest BCUT2D eigenvalue weighted by molar-refractivity contribution is 6.00. The number of anilines is 1. The summed E-state index contributed by atoms with van der Waals surface area (Å²) in [4.78, 5) is 19.6. The van der Waals surface area contributed by atoms with Crippen LogP contribution in [-0.4, -0.2) is 53.6 Å². The third-order valence-electron chi connectivity index (χ3n) is 6.05. The minimum absolute atomic E-state index is 0.268. The van der Waals surface area contributed by atoms with Crippen LogP contribution < -0.4 is 4.90 Å². The Kier molecular flexibility index (Phi) is 5.56. The molecule has 2 aromatic heterocycles. The van der Waals surface area contributed by atoms with Crippen LogP contribution in [0, 0.1) is 6.92 Å². The summed E-state index contributed by atoms with van der Waals surface area (Å²) < 4.78 is 12.4. The maximum absolute atomic E-state index is 12.7. The topological polar surface area (TPSA) is 69.5 Å². The van der Waals surface area contributed by atoms with Crippen LogP contribution in [0.3, 0.4) is 0 Å². The van der Waals surface area contributed by atoms with E-state index in [0.29, 0.717) is 11.7 Å². The van der Waals surface area contributed by atoms with Crippen molar-refractivity contribution in [2.24, 2.45) is 0 Å². The first-order valence-electron chi connectivity index (χ1n) is 11.1. The first-order valence-corrected chi connectivity index (χ1v) is 11.1. The van der Waals surface area contributed by atoms with E-state index < -0.39 is 5.97 Å². The minimum Gasteiger partial charge on any atom is -0.461 e. The number of fused-ring (bicyclic) bond motifs is 1. The summed E-state index contributed by atoms with van der Waals surface area (Å²) in [5.41, 5.74) is 5.65. The van der Waals surface area contributed by atoms with Crippen LogP contribution in [0.15, 0.2) is 60.7 Å². The molecule has 7 heteroatoms. The van der Waals surface area contributed by atoms with E-state index in [9.17, 15) is 4.79 Å². The van der Waals surface area contributed by atoms with Crippen molar-refractivity contribution in [2.75, 3.05) is 31.8 Å². The number of nitrogens with zero attached hydrogens (tertiary/aromatic N) is 4. The van der Waals surface area contributed by atoms with Gasteiger partial charge in [0.25, 0.3) is 0 Å². The van der Waals surface area contributed by atoms with Gasteiger partial charge in [-0.1, -0.05) is 30.3 Å². The first-order chi connectivity index (χ1) is 16.1. The molecular weight excluding hydrogens is 416 g/mol. The Morgan fingerprint density at radius 1 is 1.15 bits per heavy atom. The Morgan fingerprint density at radius 2 is 1.88 bits per heavy atom. The highest BCUT2D eigenvalue weighted by Gasteiger charge is 2.24. The van der Waals surface area contributed by atoms with E-state index in [4.69, 9.17) is 14.6 Å². The van der Waals surface area contributed by atoms with Gasteiger partial charge in [0.05, 0.1) is 42.6 Å². The normalized spacial score (nSPS) is 13.7. The summed E-state index contributed by atoms with van der Waals surface area (Å²) in [5.74, 6) is -0.444. The van der Waals surface area contributed by atoms with Gasteiger partial charge in [-0.15, -0.1) is 0 Å². The molecule has 0 unspecified atom stereocenters. The Hall–Kier alpha value is -3.71. The van der Waals surface area contributed by atoms with Gasteiger partial charge in [0.1, 0.15) is 0 Å². The van der Waals surface area contributed by atoms with Crippen LogP contribution in [0.25, 0.3) is 27.8 Å². The lowest BCUT2D eigenvalue weighted by Crippen LogP contribution is -2.47. The summed E-state index contributed by atoms with van der Waals surface area (Å²) >= 11 is 0. The van der Waals surface area contributed by atoms with Gasteiger partial charge in [-0.3, -0.25) is 0 Å². The van der Waals surface area contributed by atoms with Gasteiger partial charge in [0.2, 0.25) is 0 Å². The van der Waals surface area contributed by atoms with E-state index in [2.05, 4.69) is 41.2 Å². The first kappa shape index (κ1) is 21.2. The molecule has 0 atom stereocenters. The van der Waals surface area contributed by atoms with Crippen molar-refractivity contribution in [2.45, 2.75) is 19.9 Å².